The van der Waals surface area contributed by atoms with Gasteiger partial charge < -0.3 is 14.5 Å². The first kappa shape index (κ1) is 11.2. The van der Waals surface area contributed by atoms with Crippen LogP contribution in [0.2, 0.25) is 0 Å². The summed E-state index contributed by atoms with van der Waals surface area (Å²) in [6.07, 6.45) is 2.80. The number of hydrogen-bond donors (Lipinski definition) is 3. The molecular weight excluding hydrogens is 250 g/mol. The van der Waals surface area contributed by atoms with Crippen molar-refractivity contribution >= 4 is 21.9 Å². The molecule has 0 aliphatic carbocycles. The van der Waals surface area contributed by atoms with Crippen LogP contribution in [0.3, 0.4) is 0 Å². The van der Waals surface area contributed by atoms with E-state index in [1.807, 2.05) is 0 Å². The summed E-state index contributed by atoms with van der Waals surface area (Å²) >= 11 is 0. The number of nitrogens with one attached hydrogen (secondary N) is 2. The maximum atomic E-state index is 11.7. The Hall–Kier alpha value is -2.29. The Bertz CT molecular complexity index is 628. The van der Waals surface area contributed by atoms with Crippen molar-refractivity contribution in [3.8, 4) is 0 Å². The number of carboxylic acid groups (broad SMARTS) is 1. The van der Waals surface area contributed by atoms with Gasteiger partial charge in [-0.15, -0.1) is 0 Å². The highest BCUT2D eigenvalue weighted by atomic mass is 32.2. The van der Waals surface area contributed by atoms with E-state index in [-0.39, 0.29) is 5.95 Å². The molecule has 0 unspecified atom stereocenters. The fourth-order valence-corrected chi connectivity index (χ4v) is 1.99. The number of aromatic nitrogens is 2. The van der Waals surface area contributed by atoms with Gasteiger partial charge in [-0.3, -0.25) is 0 Å². The van der Waals surface area contributed by atoms with Crippen molar-refractivity contribution in [3.63, 3.8) is 0 Å². The normalized spacial score (nSPS) is 11.3. The van der Waals surface area contributed by atoms with E-state index in [1.54, 1.807) is 0 Å². The molecule has 8 nitrogen and oxygen atoms in total. The first-order valence-corrected chi connectivity index (χ1v) is 5.83. The number of carbonyl (C=O) groups is 1. The maximum Gasteiger partial charge on any atom is 0.371 e. The van der Waals surface area contributed by atoms with Gasteiger partial charge in [-0.25, -0.2) is 14.5 Å². The van der Waals surface area contributed by atoms with Gasteiger partial charge in [-0.1, -0.05) is 0 Å². The van der Waals surface area contributed by atoms with Crippen LogP contribution in [0.1, 0.15) is 10.6 Å². The van der Waals surface area contributed by atoms with Crippen LogP contribution in [0, 0.1) is 0 Å². The number of aromatic amines is 1. The van der Waals surface area contributed by atoms with Crippen LogP contribution in [-0.2, 0) is 10.0 Å². The minimum Gasteiger partial charge on any atom is -0.475 e. The lowest BCUT2D eigenvalue weighted by molar-refractivity contribution is 0.0656. The molecule has 0 bridgehead atoms. The van der Waals surface area contributed by atoms with Gasteiger partial charge in [-0.2, -0.15) is 8.42 Å². The quantitative estimate of drug-likeness (QED) is 0.732. The minimum atomic E-state index is -3.97. The zero-order valence-corrected chi connectivity index (χ0v) is 9.06. The third-order valence-corrected chi connectivity index (χ3v) is 3.00. The molecule has 0 amide bonds. The molecule has 0 saturated heterocycles. The van der Waals surface area contributed by atoms with Gasteiger partial charge in [0.25, 0.3) is 10.0 Å². The van der Waals surface area contributed by atoms with Crippen LogP contribution in [0.4, 0.5) is 5.95 Å². The molecule has 2 heterocycles. The third-order valence-electron chi connectivity index (χ3n) is 1.79. The highest BCUT2D eigenvalue weighted by Crippen LogP contribution is 2.16. The lowest BCUT2D eigenvalue weighted by Gasteiger charge is -2.00. The molecule has 0 atom stereocenters. The van der Waals surface area contributed by atoms with E-state index in [4.69, 9.17) is 5.11 Å². The molecule has 3 N–H and O–H groups in total. The lowest BCUT2D eigenvalue weighted by atomic mass is 10.5. The van der Waals surface area contributed by atoms with Gasteiger partial charge in [0, 0.05) is 12.4 Å². The van der Waals surface area contributed by atoms with E-state index < -0.39 is 26.8 Å². The van der Waals surface area contributed by atoms with Crippen molar-refractivity contribution in [2.45, 2.75) is 5.09 Å². The molecule has 0 aliphatic heterocycles. The minimum absolute atomic E-state index is 0.0123. The molecule has 0 aliphatic rings. The number of sulfonamides is 1. The molecule has 90 valence electrons. The number of furan rings is 1. The van der Waals surface area contributed by atoms with Gasteiger partial charge >= 0.3 is 5.97 Å². The zero-order valence-electron chi connectivity index (χ0n) is 8.25. The van der Waals surface area contributed by atoms with Gasteiger partial charge in [0.15, 0.2) is 0 Å². The van der Waals surface area contributed by atoms with Crippen LogP contribution in [0.5, 0.6) is 0 Å². The Kier molecular flexibility index (Phi) is 2.60. The topological polar surface area (TPSA) is 125 Å². The van der Waals surface area contributed by atoms with Crippen molar-refractivity contribution in [2.75, 3.05) is 4.72 Å². The second-order valence-corrected chi connectivity index (χ2v) is 4.58. The van der Waals surface area contributed by atoms with Crippen molar-refractivity contribution in [1.82, 2.24) is 9.97 Å². The molecule has 2 aromatic rings. The largest absolute Gasteiger partial charge is 0.475 e. The summed E-state index contributed by atoms with van der Waals surface area (Å²) in [4.78, 5) is 16.7. The van der Waals surface area contributed by atoms with E-state index in [0.717, 1.165) is 12.1 Å². The molecular formula is C8H7N3O5S. The molecule has 9 heteroatoms. The van der Waals surface area contributed by atoms with E-state index >= 15 is 0 Å². The van der Waals surface area contributed by atoms with Crippen molar-refractivity contribution < 1.29 is 22.7 Å². The van der Waals surface area contributed by atoms with Crippen molar-refractivity contribution in [1.29, 1.82) is 0 Å². The monoisotopic (exact) mass is 257 g/mol. The smallest absolute Gasteiger partial charge is 0.371 e. The molecule has 0 radical (unpaired) electrons. The van der Waals surface area contributed by atoms with E-state index in [2.05, 4.69) is 19.1 Å². The summed E-state index contributed by atoms with van der Waals surface area (Å²) in [7, 11) is -3.97. The fourth-order valence-electron chi connectivity index (χ4n) is 1.08. The lowest BCUT2D eigenvalue weighted by Crippen LogP contribution is -2.13. The van der Waals surface area contributed by atoms with Crippen LogP contribution in [0.15, 0.2) is 34.0 Å². The molecule has 17 heavy (non-hydrogen) atoms. The Morgan fingerprint density at radius 1 is 1.47 bits per heavy atom. The molecule has 0 aromatic carbocycles. The number of rotatable bonds is 4. The van der Waals surface area contributed by atoms with Gasteiger partial charge in [0.1, 0.15) is 0 Å². The average molecular weight is 257 g/mol. The first-order chi connectivity index (χ1) is 7.99. The second-order valence-electron chi connectivity index (χ2n) is 2.97. The predicted octanol–water partition coefficient (Wildman–Crippen LogP) is 0.502. The Morgan fingerprint density at radius 2 is 2.24 bits per heavy atom. The highest BCUT2D eigenvalue weighted by Gasteiger charge is 2.21. The van der Waals surface area contributed by atoms with E-state index in [0.29, 0.717) is 0 Å². The van der Waals surface area contributed by atoms with E-state index in [9.17, 15) is 13.2 Å². The summed E-state index contributed by atoms with van der Waals surface area (Å²) < 4.78 is 30.1. The fraction of sp³-hybridized carbons (Fsp3) is 0. The molecule has 0 spiro atoms. The zero-order chi connectivity index (χ0) is 12.5. The number of anilines is 1. The number of H-pyrrole nitrogens is 1. The highest BCUT2D eigenvalue weighted by molar-refractivity contribution is 7.92. The molecule has 0 fully saturated rings. The van der Waals surface area contributed by atoms with Gasteiger partial charge in [0.05, 0.1) is 0 Å². The number of imidazole rings is 1. The van der Waals surface area contributed by atoms with E-state index in [1.165, 1.54) is 12.4 Å². The molecule has 2 rings (SSSR count). The number of aromatic carboxylic acids is 1. The van der Waals surface area contributed by atoms with Crippen LogP contribution in [-0.4, -0.2) is 29.5 Å². The summed E-state index contributed by atoms with van der Waals surface area (Å²) in [6, 6.07) is 2.10. The standard InChI is InChI=1S/C8H7N3O5S/c12-7(13)5-1-2-6(16-5)17(14,15)11-8-9-3-4-10-8/h1-4H,(H,12,13)(H2,9,10,11). The molecule has 2 aromatic heterocycles. The number of hydrogen-bond acceptors (Lipinski definition) is 5. The number of carboxylic acids is 1. The summed E-state index contributed by atoms with van der Waals surface area (Å²) in [6.45, 7) is 0. The Balaban J connectivity index is 2.28. The summed E-state index contributed by atoms with van der Waals surface area (Å²) in [5.74, 6) is -1.78. The van der Waals surface area contributed by atoms with Gasteiger partial charge in [0.2, 0.25) is 16.8 Å². The number of nitrogens with zero attached hydrogens (tertiary/aromatic N) is 1. The van der Waals surface area contributed by atoms with Gasteiger partial charge in [-0.05, 0) is 12.1 Å². The van der Waals surface area contributed by atoms with Crippen LogP contribution >= 0.6 is 0 Å². The Labute approximate surface area is 95.3 Å². The maximum absolute atomic E-state index is 11.7. The summed E-state index contributed by atoms with van der Waals surface area (Å²) in [5.41, 5.74) is 0. The SMILES string of the molecule is O=C(O)c1ccc(S(=O)(=O)Nc2ncc[nH]2)o1. The average Bonchev–Trinajstić information content (AvgIpc) is 2.84. The third kappa shape index (κ3) is 2.28. The van der Waals surface area contributed by atoms with Crippen LogP contribution in [0.25, 0.3) is 0 Å². The summed E-state index contributed by atoms with van der Waals surface area (Å²) in [5, 5.41) is 8.10. The Morgan fingerprint density at radius 3 is 2.76 bits per heavy atom. The molecule has 0 saturated carbocycles. The first-order valence-electron chi connectivity index (χ1n) is 4.34. The van der Waals surface area contributed by atoms with Crippen LogP contribution < -0.4 is 4.72 Å². The van der Waals surface area contributed by atoms with Crippen molar-refractivity contribution in [3.05, 3.63) is 30.3 Å². The predicted molar refractivity (Wildman–Crippen MR) is 55.1 cm³/mol. The second kappa shape index (κ2) is 3.94. The van der Waals surface area contributed by atoms with Crippen molar-refractivity contribution in [2.24, 2.45) is 0 Å².